The molecule has 0 radical (unpaired) electrons. The van der Waals surface area contributed by atoms with Crippen LogP contribution in [0.5, 0.6) is 0 Å². The Balaban J connectivity index is 0. The molecule has 0 amide bonds. The summed E-state index contributed by atoms with van der Waals surface area (Å²) in [4.78, 5) is 0. The van der Waals surface area contributed by atoms with E-state index in [-0.39, 0.29) is 0 Å². The highest BCUT2D eigenvalue weighted by molar-refractivity contribution is 4.72. The third-order valence-electron chi connectivity index (χ3n) is 3.88. The van der Waals surface area contributed by atoms with E-state index in [2.05, 4.69) is 6.92 Å². The molecule has 0 aliphatic rings. The molecule has 0 aliphatic carbocycles. The number of methoxy groups -OCH3 is 3. The number of ether oxygens (including phenoxy) is 3. The molecule has 154 valence electrons. The van der Waals surface area contributed by atoms with Gasteiger partial charge in [0.25, 0.3) is 5.97 Å². The number of hydrogen-bond donors (Lipinski definition) is 0. The number of unbranched alkanes of at least 4 members (excludes halogenated alkanes) is 6. The van der Waals surface area contributed by atoms with Crippen LogP contribution >= 0.6 is 0 Å². The van der Waals surface area contributed by atoms with E-state index in [1.807, 2.05) is 0 Å². The molecule has 0 aliphatic heterocycles. The van der Waals surface area contributed by atoms with Gasteiger partial charge in [-0.2, -0.15) is 22.0 Å². The summed E-state index contributed by atoms with van der Waals surface area (Å²) >= 11 is 0. The van der Waals surface area contributed by atoms with Gasteiger partial charge >= 0.3 is 12.1 Å². The van der Waals surface area contributed by atoms with Crippen molar-refractivity contribution in [1.29, 1.82) is 0 Å². The minimum absolute atomic E-state index is 0.785. The Labute approximate surface area is 148 Å². The van der Waals surface area contributed by atoms with Crippen LogP contribution in [0.2, 0.25) is 0 Å². The molecule has 0 aromatic heterocycles. The third-order valence-corrected chi connectivity index (χ3v) is 3.88. The lowest BCUT2D eigenvalue weighted by Crippen LogP contribution is -2.35. The van der Waals surface area contributed by atoms with Crippen LogP contribution in [0.3, 0.4) is 0 Å². The standard InChI is InChI=1S/C13H28O3.C4H5F5/c1-5-6-7-8-9-10-11-12-13(14-2,15-3)16-4;1-2-3(5,6)4(7,8)9/h5-12H2,1-4H3;2H2,1H3. The number of halogens is 5. The van der Waals surface area contributed by atoms with Crippen molar-refractivity contribution in [3.8, 4) is 0 Å². The van der Waals surface area contributed by atoms with Crippen molar-refractivity contribution in [3.05, 3.63) is 0 Å². The van der Waals surface area contributed by atoms with Gasteiger partial charge in [0.1, 0.15) is 0 Å². The molecule has 0 unspecified atom stereocenters. The SMILES string of the molecule is CCC(F)(F)C(F)(F)F.CCCCCCCCCC(OC)(OC)OC. The predicted octanol–water partition coefficient (Wildman–Crippen LogP) is 6.31. The summed E-state index contributed by atoms with van der Waals surface area (Å²) < 4.78 is 72.0. The lowest BCUT2D eigenvalue weighted by atomic mass is 10.1. The molecule has 8 heteroatoms. The van der Waals surface area contributed by atoms with E-state index >= 15 is 0 Å². The molecule has 0 heterocycles. The smallest absolute Gasteiger partial charge is 0.331 e. The van der Waals surface area contributed by atoms with E-state index < -0.39 is 24.5 Å². The van der Waals surface area contributed by atoms with Crippen LogP contribution in [0, 0.1) is 0 Å². The summed E-state index contributed by atoms with van der Waals surface area (Å²) in [6, 6.07) is 0. The quantitative estimate of drug-likeness (QED) is 0.225. The van der Waals surface area contributed by atoms with Crippen LogP contribution in [-0.4, -0.2) is 39.4 Å². The molecular weight excluding hydrogens is 347 g/mol. The molecule has 0 bridgehead atoms. The van der Waals surface area contributed by atoms with Crippen molar-refractivity contribution >= 4 is 0 Å². The van der Waals surface area contributed by atoms with Crippen molar-refractivity contribution in [2.75, 3.05) is 21.3 Å². The maximum Gasteiger partial charge on any atom is 0.453 e. The molecule has 25 heavy (non-hydrogen) atoms. The Bertz CT molecular complexity index is 297. The van der Waals surface area contributed by atoms with Crippen LogP contribution in [0.4, 0.5) is 22.0 Å². The van der Waals surface area contributed by atoms with Crippen molar-refractivity contribution in [3.63, 3.8) is 0 Å². The fourth-order valence-electron chi connectivity index (χ4n) is 2.06. The molecule has 0 saturated heterocycles. The average Bonchev–Trinajstić information content (AvgIpc) is 2.58. The summed E-state index contributed by atoms with van der Waals surface area (Å²) in [7, 11) is 4.86. The van der Waals surface area contributed by atoms with Gasteiger partial charge in [-0.1, -0.05) is 52.4 Å². The van der Waals surface area contributed by atoms with Crippen molar-refractivity contribution < 1.29 is 36.2 Å². The topological polar surface area (TPSA) is 27.7 Å². The number of rotatable bonds is 12. The largest absolute Gasteiger partial charge is 0.453 e. The lowest BCUT2D eigenvalue weighted by molar-refractivity contribution is -0.355. The Morgan fingerprint density at radius 3 is 1.32 bits per heavy atom. The van der Waals surface area contributed by atoms with Gasteiger partial charge in [-0.05, 0) is 6.42 Å². The minimum Gasteiger partial charge on any atom is -0.331 e. The summed E-state index contributed by atoms with van der Waals surface area (Å²) in [6.45, 7) is 3.03. The zero-order valence-electron chi connectivity index (χ0n) is 16.0. The van der Waals surface area contributed by atoms with Crippen LogP contribution in [-0.2, 0) is 14.2 Å². The van der Waals surface area contributed by atoms with Gasteiger partial charge in [0.2, 0.25) is 0 Å². The Morgan fingerprint density at radius 2 is 1.04 bits per heavy atom. The molecule has 0 spiro atoms. The van der Waals surface area contributed by atoms with Gasteiger partial charge in [0.05, 0.1) is 0 Å². The first-order valence-electron chi connectivity index (χ1n) is 8.65. The van der Waals surface area contributed by atoms with Crippen LogP contribution in [0.25, 0.3) is 0 Å². The number of alkyl halides is 5. The van der Waals surface area contributed by atoms with Crippen molar-refractivity contribution in [2.45, 2.75) is 89.7 Å². The second-order valence-corrected chi connectivity index (χ2v) is 5.72. The first kappa shape index (κ1) is 26.8. The van der Waals surface area contributed by atoms with Gasteiger partial charge in [0.15, 0.2) is 0 Å². The summed E-state index contributed by atoms with van der Waals surface area (Å²) in [5.41, 5.74) is 0. The van der Waals surface area contributed by atoms with E-state index in [0.717, 1.165) is 19.8 Å². The fourth-order valence-corrected chi connectivity index (χ4v) is 2.06. The minimum atomic E-state index is -5.39. The van der Waals surface area contributed by atoms with E-state index in [9.17, 15) is 22.0 Å². The molecule has 0 saturated carbocycles. The second kappa shape index (κ2) is 13.7. The Morgan fingerprint density at radius 1 is 0.640 bits per heavy atom. The molecule has 0 aromatic carbocycles. The Hall–Kier alpha value is -0.470. The van der Waals surface area contributed by atoms with Crippen LogP contribution < -0.4 is 0 Å². The molecule has 0 fully saturated rings. The van der Waals surface area contributed by atoms with Gasteiger partial charge in [-0.15, -0.1) is 0 Å². The van der Waals surface area contributed by atoms with E-state index in [4.69, 9.17) is 14.2 Å². The number of hydrogen-bond acceptors (Lipinski definition) is 3. The molecule has 3 nitrogen and oxygen atoms in total. The highest BCUT2D eigenvalue weighted by atomic mass is 19.4. The van der Waals surface area contributed by atoms with Gasteiger partial charge in [0, 0.05) is 34.2 Å². The Kier molecular flexibility index (Phi) is 14.7. The van der Waals surface area contributed by atoms with E-state index in [0.29, 0.717) is 0 Å². The monoisotopic (exact) mass is 380 g/mol. The third kappa shape index (κ3) is 11.7. The molecule has 0 aromatic rings. The highest BCUT2D eigenvalue weighted by Crippen LogP contribution is 2.37. The van der Waals surface area contributed by atoms with Crippen molar-refractivity contribution in [1.82, 2.24) is 0 Å². The fraction of sp³-hybridized carbons (Fsp3) is 1.00. The molecule has 0 atom stereocenters. The van der Waals surface area contributed by atoms with Crippen LogP contribution in [0.1, 0.15) is 71.6 Å². The van der Waals surface area contributed by atoms with E-state index in [1.165, 1.54) is 38.5 Å². The molecular formula is C17H33F5O3. The van der Waals surface area contributed by atoms with E-state index in [1.54, 1.807) is 21.3 Å². The summed E-state index contributed by atoms with van der Waals surface area (Å²) in [6.07, 6.45) is 3.19. The van der Waals surface area contributed by atoms with Gasteiger partial charge in [-0.3, -0.25) is 0 Å². The zero-order chi connectivity index (χ0) is 20.0. The zero-order valence-corrected chi connectivity index (χ0v) is 16.0. The average molecular weight is 380 g/mol. The van der Waals surface area contributed by atoms with Crippen LogP contribution in [0.15, 0.2) is 0 Å². The van der Waals surface area contributed by atoms with Gasteiger partial charge < -0.3 is 14.2 Å². The maximum absolute atomic E-state index is 11.5. The first-order chi connectivity index (χ1) is 11.6. The normalized spacial score (nSPS) is 12.7. The highest BCUT2D eigenvalue weighted by Gasteiger charge is 2.55. The summed E-state index contributed by atoms with van der Waals surface area (Å²) in [5, 5.41) is 0. The lowest BCUT2D eigenvalue weighted by Gasteiger charge is -2.28. The van der Waals surface area contributed by atoms with Crippen molar-refractivity contribution in [2.24, 2.45) is 0 Å². The second-order valence-electron chi connectivity index (χ2n) is 5.72. The maximum atomic E-state index is 11.5. The summed E-state index contributed by atoms with van der Waals surface area (Å²) in [5.74, 6) is -5.35. The van der Waals surface area contributed by atoms with Gasteiger partial charge in [-0.25, -0.2) is 0 Å². The molecule has 0 rings (SSSR count). The predicted molar refractivity (Wildman–Crippen MR) is 87.7 cm³/mol. The first-order valence-corrected chi connectivity index (χ1v) is 8.65. The molecule has 0 N–H and O–H groups in total.